The molecule has 3 unspecified atom stereocenters. The smallest absolute Gasteiger partial charge is 0.333 e. The van der Waals surface area contributed by atoms with E-state index in [-0.39, 0.29) is 29.0 Å². The summed E-state index contributed by atoms with van der Waals surface area (Å²) < 4.78 is 16.7. The lowest BCUT2D eigenvalue weighted by Crippen LogP contribution is -2.40. The minimum Gasteiger partial charge on any atom is -0.466 e. The average Bonchev–Trinajstić information content (AvgIpc) is 3.06. The van der Waals surface area contributed by atoms with Crippen LogP contribution >= 0.6 is 0 Å². The van der Waals surface area contributed by atoms with Crippen LogP contribution < -0.4 is 0 Å². The Labute approximate surface area is 161 Å². The van der Waals surface area contributed by atoms with Crippen LogP contribution in [0.4, 0.5) is 0 Å². The number of hydrogen-bond acceptors (Lipinski definition) is 6. The number of ketones is 1. The topological polar surface area (TPSA) is 85.4 Å². The highest BCUT2D eigenvalue weighted by Crippen LogP contribution is 2.46. The summed E-state index contributed by atoms with van der Waals surface area (Å²) >= 11 is 0. The van der Waals surface area contributed by atoms with E-state index in [1.54, 1.807) is 6.92 Å². The molecule has 0 amide bonds. The molecule has 3 rings (SSSR count). The third-order valence-corrected chi connectivity index (χ3v) is 6.76. The van der Waals surface area contributed by atoms with Gasteiger partial charge in [-0.3, -0.25) is 4.79 Å². The standard InChI is InChI=1S/C21H32O6/c1-12-7-6-9-21(4)15(27-21)8-10-20(3,24)16-11-14(13(2)19(23)25-5)18(26-16)17(12)22/h12,14-16,18,24H,2,6-11H2,1,3-5H3/t12-,14+,15-,16?,18?,20-,21?/m1/s1. The number of carbonyl (C=O) groups excluding carboxylic acids is 2. The van der Waals surface area contributed by atoms with Gasteiger partial charge in [-0.1, -0.05) is 13.5 Å². The first-order chi connectivity index (χ1) is 12.6. The highest BCUT2D eigenvalue weighted by molar-refractivity contribution is 5.92. The second-order valence-corrected chi connectivity index (χ2v) is 8.91. The molecule has 0 aromatic rings. The average molecular weight is 380 g/mol. The first-order valence-corrected chi connectivity index (χ1v) is 9.95. The Morgan fingerprint density at radius 2 is 1.96 bits per heavy atom. The first-order valence-electron chi connectivity index (χ1n) is 9.95. The van der Waals surface area contributed by atoms with Gasteiger partial charge >= 0.3 is 5.97 Å². The van der Waals surface area contributed by atoms with E-state index in [1.165, 1.54) is 7.11 Å². The molecule has 7 atom stereocenters. The second kappa shape index (κ2) is 7.30. The lowest BCUT2D eigenvalue weighted by atomic mass is 9.81. The summed E-state index contributed by atoms with van der Waals surface area (Å²) in [6.45, 7) is 9.61. The van der Waals surface area contributed by atoms with Crippen LogP contribution in [0, 0.1) is 11.8 Å². The summed E-state index contributed by atoms with van der Waals surface area (Å²) in [7, 11) is 1.30. The van der Waals surface area contributed by atoms with Gasteiger partial charge in [-0.2, -0.15) is 0 Å². The predicted octanol–water partition coefficient (Wildman–Crippen LogP) is 2.57. The van der Waals surface area contributed by atoms with E-state index in [9.17, 15) is 14.7 Å². The number of hydrogen-bond donors (Lipinski definition) is 1. The molecule has 3 fully saturated rings. The van der Waals surface area contributed by atoms with E-state index >= 15 is 0 Å². The van der Waals surface area contributed by atoms with Crippen LogP contribution in [-0.2, 0) is 23.8 Å². The summed E-state index contributed by atoms with van der Waals surface area (Å²) in [5, 5.41) is 11.0. The predicted molar refractivity (Wildman–Crippen MR) is 99.1 cm³/mol. The van der Waals surface area contributed by atoms with Gasteiger partial charge in [0.15, 0.2) is 5.78 Å². The Hall–Kier alpha value is -1.24. The number of carbonyl (C=O) groups is 2. The molecule has 0 radical (unpaired) electrons. The number of esters is 1. The van der Waals surface area contributed by atoms with E-state index in [1.807, 2.05) is 6.92 Å². The Morgan fingerprint density at radius 3 is 2.63 bits per heavy atom. The number of rotatable bonds is 2. The zero-order valence-corrected chi connectivity index (χ0v) is 16.8. The largest absolute Gasteiger partial charge is 0.466 e. The van der Waals surface area contributed by atoms with Crippen molar-refractivity contribution in [3.8, 4) is 0 Å². The quantitative estimate of drug-likeness (QED) is 0.450. The van der Waals surface area contributed by atoms with Gasteiger partial charge in [-0.15, -0.1) is 0 Å². The Kier molecular flexibility index (Phi) is 5.54. The maximum atomic E-state index is 13.1. The molecule has 6 nitrogen and oxygen atoms in total. The van der Waals surface area contributed by atoms with Crippen molar-refractivity contribution >= 4 is 11.8 Å². The highest BCUT2D eigenvalue weighted by atomic mass is 16.6. The molecule has 0 aliphatic carbocycles. The molecule has 3 heterocycles. The summed E-state index contributed by atoms with van der Waals surface area (Å²) in [4.78, 5) is 25.1. The van der Waals surface area contributed by atoms with Gasteiger partial charge in [-0.05, 0) is 52.4 Å². The molecule has 1 N–H and O–H groups in total. The molecule has 3 aliphatic heterocycles. The van der Waals surface area contributed by atoms with Crippen LogP contribution in [0.5, 0.6) is 0 Å². The van der Waals surface area contributed by atoms with Crippen molar-refractivity contribution in [1.82, 2.24) is 0 Å². The summed E-state index contributed by atoms with van der Waals surface area (Å²) in [6.07, 6.45) is 3.07. The van der Waals surface area contributed by atoms with Gasteiger partial charge in [0.05, 0.1) is 30.5 Å². The molecular weight excluding hydrogens is 348 g/mol. The van der Waals surface area contributed by atoms with Crippen LogP contribution in [0.3, 0.4) is 0 Å². The molecule has 3 aliphatic rings. The number of Topliss-reactive ketones (excluding diaryl/α,β-unsaturated/α-hetero) is 1. The SMILES string of the molecule is C=C(C(=O)OC)[C@@H]1CC2OC1C(=O)[C@H](C)CCCC1(C)O[C@@H]1CC[C@@]2(C)O. The van der Waals surface area contributed by atoms with Gasteiger partial charge in [-0.25, -0.2) is 4.79 Å². The van der Waals surface area contributed by atoms with E-state index in [4.69, 9.17) is 14.2 Å². The van der Waals surface area contributed by atoms with E-state index in [2.05, 4.69) is 13.5 Å². The van der Waals surface area contributed by atoms with Crippen LogP contribution in [-0.4, -0.2) is 53.5 Å². The summed E-state index contributed by atoms with van der Waals surface area (Å²) in [5.41, 5.74) is -0.992. The molecule has 2 bridgehead atoms. The fourth-order valence-electron chi connectivity index (χ4n) is 4.60. The fourth-order valence-corrected chi connectivity index (χ4v) is 4.60. The highest BCUT2D eigenvalue weighted by Gasteiger charge is 2.54. The van der Waals surface area contributed by atoms with E-state index in [0.29, 0.717) is 12.8 Å². The molecule has 0 aromatic carbocycles. The zero-order chi connectivity index (χ0) is 20.0. The Morgan fingerprint density at radius 1 is 1.26 bits per heavy atom. The molecule has 6 heteroatoms. The number of methoxy groups -OCH3 is 1. The van der Waals surface area contributed by atoms with Crippen LogP contribution in [0.2, 0.25) is 0 Å². The number of aliphatic hydroxyl groups is 1. The Bertz CT molecular complexity index is 626. The summed E-state index contributed by atoms with van der Waals surface area (Å²) in [6, 6.07) is 0. The van der Waals surface area contributed by atoms with Gasteiger partial charge in [0, 0.05) is 17.4 Å². The maximum Gasteiger partial charge on any atom is 0.333 e. The minimum absolute atomic E-state index is 0.0268. The normalized spacial score (nSPS) is 45.1. The monoisotopic (exact) mass is 380 g/mol. The van der Waals surface area contributed by atoms with Crippen molar-refractivity contribution in [2.75, 3.05) is 7.11 Å². The van der Waals surface area contributed by atoms with Crippen LogP contribution in [0.1, 0.15) is 59.3 Å². The molecule has 0 aromatic heterocycles. The van der Waals surface area contributed by atoms with Crippen molar-refractivity contribution in [2.24, 2.45) is 11.8 Å². The van der Waals surface area contributed by atoms with Crippen molar-refractivity contribution in [3.05, 3.63) is 12.2 Å². The van der Waals surface area contributed by atoms with Gasteiger partial charge in [0.25, 0.3) is 0 Å². The van der Waals surface area contributed by atoms with E-state index < -0.39 is 29.7 Å². The van der Waals surface area contributed by atoms with E-state index in [0.717, 1.165) is 25.7 Å². The van der Waals surface area contributed by atoms with Crippen LogP contribution in [0.15, 0.2) is 12.2 Å². The molecule has 152 valence electrons. The zero-order valence-electron chi connectivity index (χ0n) is 16.8. The van der Waals surface area contributed by atoms with Crippen molar-refractivity contribution in [2.45, 2.75) is 88.8 Å². The van der Waals surface area contributed by atoms with Gasteiger partial charge < -0.3 is 19.3 Å². The third-order valence-electron chi connectivity index (χ3n) is 6.76. The van der Waals surface area contributed by atoms with Crippen molar-refractivity contribution < 1.29 is 28.9 Å². The lowest BCUT2D eigenvalue weighted by Gasteiger charge is -2.30. The third kappa shape index (κ3) is 3.98. The number of ether oxygens (including phenoxy) is 3. The van der Waals surface area contributed by atoms with Crippen molar-refractivity contribution in [1.29, 1.82) is 0 Å². The molecule has 0 saturated carbocycles. The number of fused-ring (bicyclic) bond motifs is 3. The lowest BCUT2D eigenvalue weighted by molar-refractivity contribution is -0.144. The van der Waals surface area contributed by atoms with Gasteiger partial charge in [0.1, 0.15) is 6.10 Å². The number of epoxide rings is 1. The molecule has 3 saturated heterocycles. The Balaban J connectivity index is 1.85. The first kappa shape index (κ1) is 20.5. The second-order valence-electron chi connectivity index (χ2n) is 8.91. The van der Waals surface area contributed by atoms with Crippen molar-refractivity contribution in [3.63, 3.8) is 0 Å². The fraction of sp³-hybridized carbons (Fsp3) is 0.810. The molecule has 27 heavy (non-hydrogen) atoms. The summed E-state index contributed by atoms with van der Waals surface area (Å²) in [5.74, 6) is -1.21. The molecular formula is C21H32O6. The minimum atomic E-state index is -1.10. The van der Waals surface area contributed by atoms with Crippen LogP contribution in [0.25, 0.3) is 0 Å². The maximum absolute atomic E-state index is 13.1. The van der Waals surface area contributed by atoms with Gasteiger partial charge in [0.2, 0.25) is 0 Å². The molecule has 0 spiro atoms.